The first kappa shape index (κ1) is 16.3. The summed E-state index contributed by atoms with van der Waals surface area (Å²) in [4.78, 5) is 13.4. The van der Waals surface area contributed by atoms with Crippen molar-refractivity contribution in [3.05, 3.63) is 58.9 Å². The van der Waals surface area contributed by atoms with E-state index in [0.29, 0.717) is 5.56 Å². The van der Waals surface area contributed by atoms with Gasteiger partial charge in [0.2, 0.25) is 0 Å². The third-order valence-electron chi connectivity index (χ3n) is 4.02. The molecule has 0 saturated carbocycles. The Labute approximate surface area is 132 Å². The highest BCUT2D eigenvalue weighted by Gasteiger charge is 2.14. The number of aromatic nitrogens is 1. The van der Waals surface area contributed by atoms with Crippen molar-refractivity contribution < 1.29 is 9.90 Å². The zero-order chi connectivity index (χ0) is 16.1. The van der Waals surface area contributed by atoms with Gasteiger partial charge in [-0.25, -0.2) is 4.79 Å². The molecule has 0 unspecified atom stereocenters. The average molecular weight is 300 g/mol. The van der Waals surface area contributed by atoms with Crippen molar-refractivity contribution >= 4 is 5.97 Å². The Kier molecular flexibility index (Phi) is 5.39. The SMILES string of the molecule is Cc1cc(C(=O)O)c(C)n1CCCN(C)Cc1ccccc1. The maximum absolute atomic E-state index is 11.2. The summed E-state index contributed by atoms with van der Waals surface area (Å²) in [6.45, 7) is 6.61. The van der Waals surface area contributed by atoms with E-state index in [0.717, 1.165) is 37.4 Å². The lowest BCUT2D eigenvalue weighted by atomic mass is 10.2. The number of carboxylic acids is 1. The molecule has 0 spiro atoms. The summed E-state index contributed by atoms with van der Waals surface area (Å²) in [6.07, 6.45) is 0.999. The van der Waals surface area contributed by atoms with Crippen LogP contribution >= 0.6 is 0 Å². The van der Waals surface area contributed by atoms with Crippen LogP contribution in [-0.4, -0.2) is 34.1 Å². The van der Waals surface area contributed by atoms with Crippen LogP contribution in [0, 0.1) is 13.8 Å². The number of benzene rings is 1. The van der Waals surface area contributed by atoms with Gasteiger partial charge in [-0.2, -0.15) is 0 Å². The zero-order valence-electron chi connectivity index (χ0n) is 13.5. The minimum Gasteiger partial charge on any atom is -0.478 e. The Balaban J connectivity index is 1.87. The molecule has 1 heterocycles. The van der Waals surface area contributed by atoms with E-state index in [9.17, 15) is 4.79 Å². The van der Waals surface area contributed by atoms with E-state index < -0.39 is 5.97 Å². The van der Waals surface area contributed by atoms with Crippen molar-refractivity contribution in [2.75, 3.05) is 13.6 Å². The van der Waals surface area contributed by atoms with E-state index in [1.807, 2.05) is 19.9 Å². The van der Waals surface area contributed by atoms with Gasteiger partial charge in [0.05, 0.1) is 5.56 Å². The van der Waals surface area contributed by atoms with E-state index in [2.05, 4.69) is 40.8 Å². The minimum absolute atomic E-state index is 0.412. The fraction of sp³-hybridized carbons (Fsp3) is 0.389. The number of hydrogen-bond acceptors (Lipinski definition) is 2. The van der Waals surface area contributed by atoms with Crippen LogP contribution in [0.25, 0.3) is 0 Å². The molecule has 0 bridgehead atoms. The molecule has 118 valence electrons. The first-order chi connectivity index (χ1) is 10.5. The molecule has 0 aliphatic heterocycles. The highest BCUT2D eigenvalue weighted by Crippen LogP contribution is 2.15. The van der Waals surface area contributed by atoms with Gasteiger partial charge in [-0.05, 0) is 45.5 Å². The molecule has 4 heteroatoms. The first-order valence-corrected chi connectivity index (χ1v) is 7.61. The molecule has 2 rings (SSSR count). The van der Waals surface area contributed by atoms with Crippen molar-refractivity contribution in [1.29, 1.82) is 0 Å². The van der Waals surface area contributed by atoms with Crippen LogP contribution in [0.1, 0.15) is 33.7 Å². The van der Waals surface area contributed by atoms with Gasteiger partial charge < -0.3 is 14.6 Å². The monoisotopic (exact) mass is 300 g/mol. The van der Waals surface area contributed by atoms with Crippen molar-refractivity contribution in [2.45, 2.75) is 33.4 Å². The quantitative estimate of drug-likeness (QED) is 0.853. The molecule has 0 fully saturated rings. The van der Waals surface area contributed by atoms with Gasteiger partial charge in [-0.1, -0.05) is 30.3 Å². The highest BCUT2D eigenvalue weighted by molar-refractivity contribution is 5.89. The molecule has 22 heavy (non-hydrogen) atoms. The Morgan fingerprint density at radius 1 is 1.23 bits per heavy atom. The molecule has 4 nitrogen and oxygen atoms in total. The molecule has 0 radical (unpaired) electrons. The number of nitrogens with zero attached hydrogens (tertiary/aromatic N) is 2. The van der Waals surface area contributed by atoms with E-state index in [-0.39, 0.29) is 0 Å². The summed E-state index contributed by atoms with van der Waals surface area (Å²) in [5.41, 5.74) is 3.58. The Hall–Kier alpha value is -2.07. The van der Waals surface area contributed by atoms with E-state index in [1.54, 1.807) is 6.07 Å². The standard InChI is InChI=1S/C18H24N2O2/c1-14-12-17(18(21)22)15(2)20(14)11-7-10-19(3)13-16-8-5-4-6-9-16/h4-6,8-9,12H,7,10-11,13H2,1-3H3,(H,21,22). The van der Waals surface area contributed by atoms with Crippen LogP contribution < -0.4 is 0 Å². The molecule has 0 atom stereocenters. The molecule has 0 amide bonds. The molecule has 1 aromatic carbocycles. The van der Waals surface area contributed by atoms with Crippen LogP contribution in [0.15, 0.2) is 36.4 Å². The second kappa shape index (κ2) is 7.27. The van der Waals surface area contributed by atoms with Gasteiger partial charge in [0.1, 0.15) is 0 Å². The molecule has 1 N–H and O–H groups in total. The normalized spacial score (nSPS) is 11.1. The van der Waals surface area contributed by atoms with Gasteiger partial charge in [-0.15, -0.1) is 0 Å². The predicted molar refractivity (Wildman–Crippen MR) is 88.3 cm³/mol. The number of carboxylic acid groups (broad SMARTS) is 1. The third-order valence-corrected chi connectivity index (χ3v) is 4.02. The summed E-state index contributed by atoms with van der Waals surface area (Å²) in [5, 5.41) is 9.16. The van der Waals surface area contributed by atoms with E-state index >= 15 is 0 Å². The summed E-state index contributed by atoms with van der Waals surface area (Å²) < 4.78 is 2.10. The van der Waals surface area contributed by atoms with Crippen molar-refractivity contribution in [1.82, 2.24) is 9.47 Å². The molecular formula is C18H24N2O2. The summed E-state index contributed by atoms with van der Waals surface area (Å²) in [5.74, 6) is -0.847. The number of hydrogen-bond donors (Lipinski definition) is 1. The average Bonchev–Trinajstić information content (AvgIpc) is 2.76. The smallest absolute Gasteiger partial charge is 0.337 e. The van der Waals surface area contributed by atoms with E-state index in [4.69, 9.17) is 5.11 Å². The van der Waals surface area contributed by atoms with Crippen LogP contribution in [0.5, 0.6) is 0 Å². The number of aryl methyl sites for hydroxylation is 1. The fourth-order valence-corrected chi connectivity index (χ4v) is 2.83. The minimum atomic E-state index is -0.847. The van der Waals surface area contributed by atoms with Crippen LogP contribution in [-0.2, 0) is 13.1 Å². The second-order valence-electron chi connectivity index (χ2n) is 5.82. The molecule has 1 aromatic heterocycles. The summed E-state index contributed by atoms with van der Waals surface area (Å²) in [7, 11) is 2.12. The van der Waals surface area contributed by atoms with Crippen LogP contribution in [0.3, 0.4) is 0 Å². The number of aromatic carboxylic acids is 1. The Morgan fingerprint density at radius 2 is 1.91 bits per heavy atom. The van der Waals surface area contributed by atoms with E-state index in [1.165, 1.54) is 5.56 Å². The summed E-state index contributed by atoms with van der Waals surface area (Å²) in [6, 6.07) is 12.2. The third kappa shape index (κ3) is 3.98. The highest BCUT2D eigenvalue weighted by atomic mass is 16.4. The molecular weight excluding hydrogens is 276 g/mol. The van der Waals surface area contributed by atoms with Crippen LogP contribution in [0.4, 0.5) is 0 Å². The largest absolute Gasteiger partial charge is 0.478 e. The van der Waals surface area contributed by atoms with Crippen molar-refractivity contribution in [3.63, 3.8) is 0 Å². The van der Waals surface area contributed by atoms with Crippen molar-refractivity contribution in [2.24, 2.45) is 0 Å². The first-order valence-electron chi connectivity index (χ1n) is 7.61. The predicted octanol–water partition coefficient (Wildman–Crippen LogP) is 3.33. The number of carbonyl (C=O) groups is 1. The molecule has 2 aromatic rings. The van der Waals surface area contributed by atoms with Gasteiger partial charge in [-0.3, -0.25) is 0 Å². The number of rotatable bonds is 7. The van der Waals surface area contributed by atoms with Crippen molar-refractivity contribution in [3.8, 4) is 0 Å². The maximum Gasteiger partial charge on any atom is 0.337 e. The molecule has 0 aliphatic carbocycles. The topological polar surface area (TPSA) is 45.5 Å². The lowest BCUT2D eigenvalue weighted by Crippen LogP contribution is -2.20. The second-order valence-corrected chi connectivity index (χ2v) is 5.82. The maximum atomic E-state index is 11.2. The Morgan fingerprint density at radius 3 is 2.50 bits per heavy atom. The lowest BCUT2D eigenvalue weighted by molar-refractivity contribution is 0.0696. The zero-order valence-corrected chi connectivity index (χ0v) is 13.5. The fourth-order valence-electron chi connectivity index (χ4n) is 2.83. The van der Waals surface area contributed by atoms with Crippen LogP contribution in [0.2, 0.25) is 0 Å². The summed E-state index contributed by atoms with van der Waals surface area (Å²) >= 11 is 0. The Bertz CT molecular complexity index is 632. The van der Waals surface area contributed by atoms with Gasteiger partial charge in [0.25, 0.3) is 0 Å². The molecule has 0 saturated heterocycles. The molecule has 0 aliphatic rings. The lowest BCUT2D eigenvalue weighted by Gasteiger charge is -2.17. The van der Waals surface area contributed by atoms with Gasteiger partial charge in [0.15, 0.2) is 0 Å². The van der Waals surface area contributed by atoms with Gasteiger partial charge in [0, 0.05) is 24.5 Å². The van der Waals surface area contributed by atoms with Gasteiger partial charge >= 0.3 is 5.97 Å².